The van der Waals surface area contributed by atoms with Gasteiger partial charge in [-0.25, -0.2) is 9.48 Å². The van der Waals surface area contributed by atoms with E-state index < -0.39 is 12.1 Å². The summed E-state index contributed by atoms with van der Waals surface area (Å²) >= 11 is 12.4. The monoisotopic (exact) mass is 477 g/mol. The molecule has 8 nitrogen and oxygen atoms in total. The molecule has 3 aromatic rings. The van der Waals surface area contributed by atoms with Crippen LogP contribution < -0.4 is 9.47 Å². The molecule has 0 aliphatic rings. The van der Waals surface area contributed by atoms with Gasteiger partial charge in [-0.2, -0.15) is 5.10 Å². The van der Waals surface area contributed by atoms with Gasteiger partial charge >= 0.3 is 5.97 Å². The van der Waals surface area contributed by atoms with Crippen molar-refractivity contribution in [3.05, 3.63) is 69.3 Å². The minimum absolute atomic E-state index is 0.126. The number of rotatable bonds is 9. The maximum atomic E-state index is 11.1. The highest BCUT2D eigenvalue weighted by Gasteiger charge is 2.20. The van der Waals surface area contributed by atoms with E-state index in [1.54, 1.807) is 14.0 Å². The first-order valence-electron chi connectivity index (χ1n) is 9.55. The molecule has 0 radical (unpaired) electrons. The van der Waals surface area contributed by atoms with E-state index in [9.17, 15) is 4.79 Å². The van der Waals surface area contributed by atoms with Crippen molar-refractivity contribution in [1.82, 2.24) is 9.78 Å². The largest absolute Gasteiger partial charge is 0.479 e. The van der Waals surface area contributed by atoms with E-state index in [0.717, 1.165) is 5.56 Å². The average molecular weight is 478 g/mol. The quantitative estimate of drug-likeness (QED) is 0.334. The third-order valence-corrected chi connectivity index (χ3v) is 4.98. The number of oxime groups is 1. The molecule has 0 saturated carbocycles. The molecule has 0 unspecified atom stereocenters. The molecule has 1 aromatic heterocycles. The summed E-state index contributed by atoms with van der Waals surface area (Å²) in [5.74, 6) is -0.432. The number of nitrogens with zero attached hydrogens (tertiary/aromatic N) is 3. The number of carbonyl (C=O) groups is 1. The molecule has 168 valence electrons. The molecule has 0 aliphatic carbocycles. The molecule has 10 heteroatoms. The Kier molecular flexibility index (Phi) is 7.61. The van der Waals surface area contributed by atoms with Gasteiger partial charge in [0.05, 0.1) is 27.5 Å². The summed E-state index contributed by atoms with van der Waals surface area (Å²) < 4.78 is 12.9. The molecule has 0 bridgehead atoms. The van der Waals surface area contributed by atoms with Gasteiger partial charge in [-0.05, 0) is 25.5 Å². The fourth-order valence-electron chi connectivity index (χ4n) is 2.72. The maximum Gasteiger partial charge on any atom is 0.344 e. The molecular weight excluding hydrogens is 457 g/mol. The van der Waals surface area contributed by atoms with E-state index in [0.29, 0.717) is 23.7 Å². The van der Waals surface area contributed by atoms with Crippen LogP contribution in [0.15, 0.2) is 47.6 Å². The SMILES string of the molecule is Cc1nn(C)c(Oc2cc(O[C@@H](C)C(=O)O)c(Cl)cc2Cl)c1/C=N/OCc1ccccc1. The second-order valence-electron chi connectivity index (χ2n) is 6.83. The van der Waals surface area contributed by atoms with Crippen LogP contribution in [0.3, 0.4) is 0 Å². The molecule has 0 spiro atoms. The Morgan fingerprint density at radius 3 is 2.59 bits per heavy atom. The zero-order chi connectivity index (χ0) is 23.3. The van der Waals surface area contributed by atoms with Gasteiger partial charge in [0, 0.05) is 13.1 Å². The molecule has 3 rings (SSSR count). The van der Waals surface area contributed by atoms with Crippen LogP contribution in [-0.4, -0.2) is 33.2 Å². The van der Waals surface area contributed by atoms with Crippen LogP contribution in [0.1, 0.15) is 23.7 Å². The van der Waals surface area contributed by atoms with Gasteiger partial charge in [0.15, 0.2) is 11.9 Å². The number of hydrogen-bond donors (Lipinski definition) is 1. The summed E-state index contributed by atoms with van der Waals surface area (Å²) in [7, 11) is 1.71. The van der Waals surface area contributed by atoms with Gasteiger partial charge < -0.3 is 19.4 Å². The summed E-state index contributed by atoms with van der Waals surface area (Å²) in [6.07, 6.45) is 0.402. The van der Waals surface area contributed by atoms with Gasteiger partial charge in [-0.15, -0.1) is 0 Å². The highest BCUT2D eigenvalue weighted by Crippen LogP contribution is 2.39. The first kappa shape index (κ1) is 23.4. The topological polar surface area (TPSA) is 95.2 Å². The fraction of sp³-hybridized carbons (Fsp3) is 0.227. The normalized spacial score (nSPS) is 12.0. The Morgan fingerprint density at radius 2 is 1.91 bits per heavy atom. The van der Waals surface area contributed by atoms with Crippen LogP contribution in [0.4, 0.5) is 0 Å². The Balaban J connectivity index is 1.81. The number of hydrogen-bond acceptors (Lipinski definition) is 6. The average Bonchev–Trinajstić information content (AvgIpc) is 3.01. The summed E-state index contributed by atoms with van der Waals surface area (Å²) in [5.41, 5.74) is 2.24. The molecule has 0 fully saturated rings. The third-order valence-electron chi connectivity index (χ3n) is 4.39. The minimum Gasteiger partial charge on any atom is -0.479 e. The lowest BCUT2D eigenvalue weighted by Gasteiger charge is -2.15. The first-order chi connectivity index (χ1) is 15.3. The van der Waals surface area contributed by atoms with Crippen molar-refractivity contribution >= 4 is 35.4 Å². The number of carboxylic acids is 1. The molecule has 2 aromatic carbocycles. The van der Waals surface area contributed by atoms with Crippen molar-refractivity contribution in [3.63, 3.8) is 0 Å². The smallest absolute Gasteiger partial charge is 0.344 e. The highest BCUT2D eigenvalue weighted by molar-refractivity contribution is 6.36. The molecule has 1 atom stereocenters. The van der Waals surface area contributed by atoms with Crippen molar-refractivity contribution in [2.75, 3.05) is 0 Å². The second kappa shape index (κ2) is 10.4. The number of aromatic nitrogens is 2. The van der Waals surface area contributed by atoms with Gasteiger partial charge in [0.25, 0.3) is 0 Å². The van der Waals surface area contributed by atoms with Crippen LogP contribution in [0, 0.1) is 6.92 Å². The fourth-order valence-corrected chi connectivity index (χ4v) is 3.19. The van der Waals surface area contributed by atoms with E-state index in [4.69, 9.17) is 42.6 Å². The van der Waals surface area contributed by atoms with Gasteiger partial charge in [-0.3, -0.25) is 0 Å². The van der Waals surface area contributed by atoms with E-state index in [-0.39, 0.29) is 21.5 Å². The predicted octanol–water partition coefficient (Wildman–Crippen LogP) is 5.23. The summed E-state index contributed by atoms with van der Waals surface area (Å²) in [6, 6.07) is 12.5. The van der Waals surface area contributed by atoms with E-state index in [1.165, 1.54) is 30.0 Å². The molecular formula is C22H21Cl2N3O5. The molecule has 32 heavy (non-hydrogen) atoms. The van der Waals surface area contributed by atoms with Crippen LogP contribution in [0.5, 0.6) is 17.4 Å². The number of carboxylic acid groups (broad SMARTS) is 1. The van der Waals surface area contributed by atoms with Crippen LogP contribution in [0.2, 0.25) is 10.0 Å². The molecule has 1 N–H and O–H groups in total. The Hall–Kier alpha value is -3.23. The molecule has 1 heterocycles. The van der Waals surface area contributed by atoms with Crippen LogP contribution >= 0.6 is 23.2 Å². The maximum absolute atomic E-state index is 11.1. The number of aryl methyl sites for hydroxylation is 2. The lowest BCUT2D eigenvalue weighted by atomic mass is 10.2. The van der Waals surface area contributed by atoms with Crippen molar-refractivity contribution < 1.29 is 24.2 Å². The lowest BCUT2D eigenvalue weighted by Crippen LogP contribution is -2.23. The van der Waals surface area contributed by atoms with Crippen molar-refractivity contribution in [2.24, 2.45) is 12.2 Å². The van der Waals surface area contributed by atoms with E-state index in [1.807, 2.05) is 30.3 Å². The van der Waals surface area contributed by atoms with Crippen LogP contribution in [-0.2, 0) is 23.3 Å². The number of benzene rings is 2. The van der Waals surface area contributed by atoms with Crippen molar-refractivity contribution in [1.29, 1.82) is 0 Å². The van der Waals surface area contributed by atoms with E-state index >= 15 is 0 Å². The number of halogens is 2. The minimum atomic E-state index is -1.13. The summed E-state index contributed by atoms with van der Waals surface area (Å²) in [6.45, 7) is 3.51. The van der Waals surface area contributed by atoms with Gasteiger partial charge in [0.2, 0.25) is 5.88 Å². The second-order valence-corrected chi connectivity index (χ2v) is 7.65. The molecule has 0 amide bonds. The number of ether oxygens (including phenoxy) is 2. The lowest BCUT2D eigenvalue weighted by molar-refractivity contribution is -0.144. The van der Waals surface area contributed by atoms with Crippen molar-refractivity contribution in [2.45, 2.75) is 26.6 Å². The van der Waals surface area contributed by atoms with Gasteiger partial charge in [0.1, 0.15) is 12.4 Å². The predicted molar refractivity (Wildman–Crippen MR) is 121 cm³/mol. The highest BCUT2D eigenvalue weighted by atomic mass is 35.5. The molecule has 0 saturated heterocycles. The first-order valence-corrected chi connectivity index (χ1v) is 10.3. The summed E-state index contributed by atoms with van der Waals surface area (Å²) in [5, 5.41) is 17.8. The van der Waals surface area contributed by atoms with Gasteiger partial charge in [-0.1, -0.05) is 58.7 Å². The van der Waals surface area contributed by atoms with Crippen molar-refractivity contribution in [3.8, 4) is 17.4 Å². The van der Waals surface area contributed by atoms with Crippen LogP contribution in [0.25, 0.3) is 0 Å². The summed E-state index contributed by atoms with van der Waals surface area (Å²) in [4.78, 5) is 16.5. The zero-order valence-electron chi connectivity index (χ0n) is 17.6. The molecule has 0 aliphatic heterocycles. The zero-order valence-corrected chi connectivity index (χ0v) is 19.1. The Bertz CT molecular complexity index is 1130. The Labute approximate surface area is 194 Å². The number of aliphatic carboxylic acids is 1. The third kappa shape index (κ3) is 5.72. The van der Waals surface area contributed by atoms with E-state index in [2.05, 4.69) is 10.3 Å². The standard InChI is InChI=1S/C22H21Cl2N3O5/c1-13-16(11-25-30-12-15-7-5-4-6-8-15)21(27(3)26-13)32-20-10-19(17(23)9-18(20)24)31-14(2)22(28)29/h4-11,14H,12H2,1-3H3,(H,28,29)/b25-11+/t14-/m0/s1. The Morgan fingerprint density at radius 1 is 1.22 bits per heavy atom.